The molecule has 1 unspecified atom stereocenters. The minimum atomic E-state index is -0.123. The van der Waals surface area contributed by atoms with Crippen molar-refractivity contribution in [1.29, 1.82) is 0 Å². The fraction of sp³-hybridized carbons (Fsp3) is 0.333. The number of halogens is 1. The number of para-hydroxylation sites is 1. The second-order valence-corrected chi connectivity index (χ2v) is 5.30. The standard InChI is InChI=1S/C18H22FN/c1-4-15-10-7-8-13(2)18(15)20-14(3)12-16-9-5-6-11-17(16)19/h5-11,14,20H,4,12H2,1-3H3. The quantitative estimate of drug-likeness (QED) is 0.828. The van der Waals surface area contributed by atoms with Crippen LogP contribution < -0.4 is 5.32 Å². The zero-order valence-corrected chi connectivity index (χ0v) is 12.4. The normalized spacial score (nSPS) is 12.2. The molecule has 0 saturated carbocycles. The van der Waals surface area contributed by atoms with Crippen LogP contribution in [0.3, 0.4) is 0 Å². The van der Waals surface area contributed by atoms with Crippen LogP contribution in [0.25, 0.3) is 0 Å². The maximum Gasteiger partial charge on any atom is 0.126 e. The molecule has 0 fully saturated rings. The van der Waals surface area contributed by atoms with Crippen molar-refractivity contribution in [3.8, 4) is 0 Å². The predicted molar refractivity (Wildman–Crippen MR) is 83.7 cm³/mol. The van der Waals surface area contributed by atoms with E-state index >= 15 is 0 Å². The molecule has 2 rings (SSSR count). The summed E-state index contributed by atoms with van der Waals surface area (Å²) in [5.41, 5.74) is 4.51. The van der Waals surface area contributed by atoms with Crippen molar-refractivity contribution in [2.75, 3.05) is 5.32 Å². The summed E-state index contributed by atoms with van der Waals surface area (Å²) < 4.78 is 13.7. The van der Waals surface area contributed by atoms with Gasteiger partial charge in [-0.2, -0.15) is 0 Å². The average Bonchev–Trinajstić information content (AvgIpc) is 2.43. The Morgan fingerprint density at radius 1 is 1.05 bits per heavy atom. The van der Waals surface area contributed by atoms with E-state index in [9.17, 15) is 4.39 Å². The van der Waals surface area contributed by atoms with Gasteiger partial charge in [-0.05, 0) is 49.4 Å². The first kappa shape index (κ1) is 14.6. The van der Waals surface area contributed by atoms with E-state index in [0.29, 0.717) is 6.42 Å². The van der Waals surface area contributed by atoms with Crippen LogP contribution in [-0.4, -0.2) is 6.04 Å². The Morgan fingerprint density at radius 3 is 2.45 bits per heavy atom. The van der Waals surface area contributed by atoms with E-state index in [4.69, 9.17) is 0 Å². The molecule has 0 spiro atoms. The molecular formula is C18H22FN. The Morgan fingerprint density at radius 2 is 1.75 bits per heavy atom. The maximum atomic E-state index is 13.7. The molecule has 0 bridgehead atoms. The van der Waals surface area contributed by atoms with Crippen LogP contribution in [0.4, 0.5) is 10.1 Å². The van der Waals surface area contributed by atoms with Crippen molar-refractivity contribution in [2.24, 2.45) is 0 Å². The minimum Gasteiger partial charge on any atom is -0.382 e. The highest BCUT2D eigenvalue weighted by Gasteiger charge is 2.10. The molecule has 1 N–H and O–H groups in total. The van der Waals surface area contributed by atoms with Gasteiger partial charge >= 0.3 is 0 Å². The lowest BCUT2D eigenvalue weighted by molar-refractivity contribution is 0.601. The molecule has 0 aliphatic carbocycles. The summed E-state index contributed by atoms with van der Waals surface area (Å²) in [6.07, 6.45) is 1.68. The van der Waals surface area contributed by atoms with E-state index < -0.39 is 0 Å². The summed E-state index contributed by atoms with van der Waals surface area (Å²) in [4.78, 5) is 0. The first-order valence-electron chi connectivity index (χ1n) is 7.20. The Hall–Kier alpha value is -1.83. The van der Waals surface area contributed by atoms with E-state index in [-0.39, 0.29) is 11.9 Å². The molecule has 0 saturated heterocycles. The van der Waals surface area contributed by atoms with Crippen molar-refractivity contribution in [3.63, 3.8) is 0 Å². The lowest BCUT2D eigenvalue weighted by Crippen LogP contribution is -2.20. The summed E-state index contributed by atoms with van der Waals surface area (Å²) in [5.74, 6) is -0.123. The predicted octanol–water partition coefficient (Wildman–Crippen LogP) is 4.74. The van der Waals surface area contributed by atoms with E-state index in [1.54, 1.807) is 6.07 Å². The molecule has 2 heteroatoms. The second kappa shape index (κ2) is 6.56. The molecule has 0 amide bonds. The van der Waals surface area contributed by atoms with Gasteiger partial charge in [0.05, 0.1) is 0 Å². The van der Waals surface area contributed by atoms with Gasteiger partial charge in [0.1, 0.15) is 5.82 Å². The smallest absolute Gasteiger partial charge is 0.126 e. The van der Waals surface area contributed by atoms with Crippen molar-refractivity contribution in [3.05, 3.63) is 65.0 Å². The number of hydrogen-bond acceptors (Lipinski definition) is 1. The van der Waals surface area contributed by atoms with E-state index in [1.165, 1.54) is 22.9 Å². The molecule has 2 aromatic rings. The minimum absolute atomic E-state index is 0.123. The van der Waals surface area contributed by atoms with Crippen LogP contribution in [0.15, 0.2) is 42.5 Å². The molecule has 1 atom stereocenters. The number of hydrogen-bond donors (Lipinski definition) is 1. The first-order valence-corrected chi connectivity index (χ1v) is 7.20. The molecule has 106 valence electrons. The van der Waals surface area contributed by atoms with Crippen LogP contribution in [0, 0.1) is 12.7 Å². The number of aryl methyl sites for hydroxylation is 2. The Kier molecular flexibility index (Phi) is 4.78. The van der Waals surface area contributed by atoms with Gasteiger partial charge in [0.15, 0.2) is 0 Å². The Labute approximate surface area is 120 Å². The SMILES string of the molecule is CCc1cccc(C)c1NC(C)Cc1ccccc1F. The van der Waals surface area contributed by atoms with Crippen molar-refractivity contribution in [1.82, 2.24) is 0 Å². The zero-order valence-electron chi connectivity index (χ0n) is 12.4. The van der Waals surface area contributed by atoms with E-state index in [2.05, 4.69) is 44.3 Å². The van der Waals surface area contributed by atoms with Gasteiger partial charge in [-0.3, -0.25) is 0 Å². The van der Waals surface area contributed by atoms with Crippen molar-refractivity contribution < 1.29 is 4.39 Å². The van der Waals surface area contributed by atoms with Crippen LogP contribution in [0.1, 0.15) is 30.5 Å². The molecule has 2 aromatic carbocycles. The summed E-state index contributed by atoms with van der Waals surface area (Å²) in [7, 11) is 0. The number of rotatable bonds is 5. The molecule has 0 aliphatic heterocycles. The highest BCUT2D eigenvalue weighted by Crippen LogP contribution is 2.23. The zero-order chi connectivity index (χ0) is 14.5. The number of benzene rings is 2. The number of nitrogens with one attached hydrogen (secondary N) is 1. The third-order valence-corrected chi connectivity index (χ3v) is 3.61. The Balaban J connectivity index is 2.13. The Bertz CT molecular complexity index is 577. The summed E-state index contributed by atoms with van der Waals surface area (Å²) in [6, 6.07) is 13.5. The van der Waals surface area contributed by atoms with Gasteiger partial charge in [0.25, 0.3) is 0 Å². The molecule has 0 aliphatic rings. The highest BCUT2D eigenvalue weighted by molar-refractivity contribution is 5.57. The molecule has 0 aromatic heterocycles. The van der Waals surface area contributed by atoms with Gasteiger partial charge in [-0.15, -0.1) is 0 Å². The van der Waals surface area contributed by atoms with Crippen LogP contribution in [-0.2, 0) is 12.8 Å². The maximum absolute atomic E-state index is 13.7. The summed E-state index contributed by atoms with van der Waals surface area (Å²) >= 11 is 0. The summed E-state index contributed by atoms with van der Waals surface area (Å²) in [5, 5.41) is 3.54. The van der Waals surface area contributed by atoms with Crippen LogP contribution in [0.2, 0.25) is 0 Å². The van der Waals surface area contributed by atoms with Gasteiger partial charge < -0.3 is 5.32 Å². The van der Waals surface area contributed by atoms with E-state index in [0.717, 1.165) is 12.0 Å². The largest absolute Gasteiger partial charge is 0.382 e. The fourth-order valence-corrected chi connectivity index (χ4v) is 2.52. The van der Waals surface area contributed by atoms with Crippen LogP contribution in [0.5, 0.6) is 0 Å². The molecule has 0 radical (unpaired) electrons. The molecule has 20 heavy (non-hydrogen) atoms. The molecule has 0 heterocycles. The van der Waals surface area contributed by atoms with Crippen LogP contribution >= 0.6 is 0 Å². The first-order chi connectivity index (χ1) is 9.61. The van der Waals surface area contributed by atoms with E-state index in [1.807, 2.05) is 12.1 Å². The lowest BCUT2D eigenvalue weighted by atomic mass is 10.0. The van der Waals surface area contributed by atoms with Gasteiger partial charge in [0.2, 0.25) is 0 Å². The molecular weight excluding hydrogens is 249 g/mol. The average molecular weight is 271 g/mol. The van der Waals surface area contributed by atoms with Gasteiger partial charge in [-0.1, -0.05) is 43.3 Å². The van der Waals surface area contributed by atoms with Crippen molar-refractivity contribution >= 4 is 5.69 Å². The second-order valence-electron chi connectivity index (χ2n) is 5.30. The third kappa shape index (κ3) is 3.38. The highest BCUT2D eigenvalue weighted by atomic mass is 19.1. The van der Waals surface area contributed by atoms with Gasteiger partial charge in [-0.25, -0.2) is 4.39 Å². The van der Waals surface area contributed by atoms with Crippen molar-refractivity contribution in [2.45, 2.75) is 39.7 Å². The topological polar surface area (TPSA) is 12.0 Å². The number of anilines is 1. The van der Waals surface area contributed by atoms with Gasteiger partial charge in [0, 0.05) is 11.7 Å². The monoisotopic (exact) mass is 271 g/mol. The third-order valence-electron chi connectivity index (χ3n) is 3.61. The lowest BCUT2D eigenvalue weighted by Gasteiger charge is -2.20. The fourth-order valence-electron chi connectivity index (χ4n) is 2.52. The molecule has 1 nitrogen and oxygen atoms in total. The summed E-state index contributed by atoms with van der Waals surface area (Å²) in [6.45, 7) is 6.36.